The normalized spacial score (nSPS) is 17.9. The van der Waals surface area contributed by atoms with Crippen molar-refractivity contribution in [3.8, 4) is 11.1 Å². The summed E-state index contributed by atoms with van der Waals surface area (Å²) in [4.78, 5) is 18.1. The molecular formula is C17H15ClN2O2S. The molecule has 3 aromatic rings. The lowest BCUT2D eigenvalue weighted by Gasteiger charge is -2.11. The Kier molecular flexibility index (Phi) is 3.93. The minimum Gasteiger partial charge on any atom is -0.376 e. The van der Waals surface area contributed by atoms with E-state index < -0.39 is 0 Å². The molecule has 0 aliphatic carbocycles. The van der Waals surface area contributed by atoms with Gasteiger partial charge in [-0.25, -0.2) is 4.98 Å². The molecule has 1 aliphatic rings. The molecule has 0 unspecified atom stereocenters. The molecule has 1 fully saturated rings. The maximum atomic E-state index is 12.9. The van der Waals surface area contributed by atoms with Gasteiger partial charge in [0, 0.05) is 22.6 Å². The van der Waals surface area contributed by atoms with Crippen LogP contribution in [0.2, 0.25) is 5.02 Å². The van der Waals surface area contributed by atoms with Crippen molar-refractivity contribution in [2.75, 3.05) is 6.61 Å². The molecule has 1 aromatic carbocycles. The monoisotopic (exact) mass is 346 g/mol. The minimum absolute atomic E-state index is 0.00306. The second-order valence-corrected chi connectivity index (χ2v) is 6.97. The van der Waals surface area contributed by atoms with E-state index in [2.05, 4.69) is 4.98 Å². The van der Waals surface area contributed by atoms with Crippen LogP contribution in [0, 0.1) is 0 Å². The molecule has 4 rings (SSSR count). The fourth-order valence-corrected chi connectivity index (χ4v) is 3.98. The van der Waals surface area contributed by atoms with E-state index in [0.717, 1.165) is 35.4 Å². The summed E-state index contributed by atoms with van der Waals surface area (Å²) in [5, 5.41) is 3.35. The highest BCUT2D eigenvalue weighted by atomic mass is 35.5. The average molecular weight is 347 g/mol. The summed E-state index contributed by atoms with van der Waals surface area (Å²) in [6.45, 7) is 1.35. The first-order chi connectivity index (χ1) is 11.2. The fourth-order valence-electron chi connectivity index (χ4n) is 2.95. The number of thiophene rings is 1. The zero-order valence-corrected chi connectivity index (χ0v) is 13.9. The molecule has 6 heteroatoms. The van der Waals surface area contributed by atoms with Gasteiger partial charge in [0.15, 0.2) is 0 Å². The van der Waals surface area contributed by atoms with Gasteiger partial charge in [-0.1, -0.05) is 23.7 Å². The van der Waals surface area contributed by atoms with Crippen LogP contribution in [-0.4, -0.2) is 22.3 Å². The molecular weight excluding hydrogens is 332 g/mol. The van der Waals surface area contributed by atoms with E-state index in [1.54, 1.807) is 10.9 Å². The van der Waals surface area contributed by atoms with E-state index in [1.807, 2.05) is 29.6 Å². The third-order valence-corrected chi connectivity index (χ3v) is 5.28. The van der Waals surface area contributed by atoms with Crippen molar-refractivity contribution >= 4 is 33.2 Å². The van der Waals surface area contributed by atoms with Crippen molar-refractivity contribution in [3.63, 3.8) is 0 Å². The first-order valence-corrected chi connectivity index (χ1v) is 8.82. The maximum absolute atomic E-state index is 12.9. The third kappa shape index (κ3) is 2.80. The van der Waals surface area contributed by atoms with Gasteiger partial charge >= 0.3 is 0 Å². The molecule has 1 atom stereocenters. The highest BCUT2D eigenvalue weighted by Crippen LogP contribution is 2.31. The van der Waals surface area contributed by atoms with Crippen molar-refractivity contribution < 1.29 is 4.74 Å². The zero-order valence-electron chi connectivity index (χ0n) is 12.4. The third-order valence-electron chi connectivity index (χ3n) is 4.14. The number of ether oxygens (including phenoxy) is 1. The van der Waals surface area contributed by atoms with Gasteiger partial charge in [0.25, 0.3) is 5.56 Å². The molecule has 0 amide bonds. The van der Waals surface area contributed by atoms with Gasteiger partial charge in [-0.15, -0.1) is 11.3 Å². The predicted octanol–water partition coefficient (Wildman–Crippen LogP) is 3.96. The predicted molar refractivity (Wildman–Crippen MR) is 93.3 cm³/mol. The van der Waals surface area contributed by atoms with Crippen LogP contribution in [0.5, 0.6) is 0 Å². The van der Waals surface area contributed by atoms with Gasteiger partial charge < -0.3 is 4.74 Å². The van der Waals surface area contributed by atoms with Gasteiger partial charge in [-0.3, -0.25) is 9.36 Å². The number of aromatic nitrogens is 2. The Labute approximate surface area is 142 Å². The molecule has 4 nitrogen and oxygen atoms in total. The van der Waals surface area contributed by atoms with E-state index in [1.165, 1.54) is 11.3 Å². The summed E-state index contributed by atoms with van der Waals surface area (Å²) in [6.07, 6.45) is 3.81. The number of fused-ring (bicyclic) bond motifs is 1. The molecule has 0 saturated carbocycles. The van der Waals surface area contributed by atoms with Crippen molar-refractivity contribution in [3.05, 3.63) is 51.3 Å². The summed E-state index contributed by atoms with van der Waals surface area (Å²) in [6, 6.07) is 7.53. The topological polar surface area (TPSA) is 44.1 Å². The number of rotatable bonds is 3. The molecule has 3 heterocycles. The second kappa shape index (κ2) is 6.07. The Morgan fingerprint density at radius 3 is 2.91 bits per heavy atom. The molecule has 118 valence electrons. The van der Waals surface area contributed by atoms with Crippen LogP contribution in [0.1, 0.15) is 12.8 Å². The maximum Gasteiger partial charge on any atom is 0.262 e. The van der Waals surface area contributed by atoms with Crippen LogP contribution in [0.15, 0.2) is 40.8 Å². The Bertz CT molecular complexity index is 895. The lowest BCUT2D eigenvalue weighted by molar-refractivity contribution is 0.0960. The van der Waals surface area contributed by atoms with Crippen LogP contribution in [0.25, 0.3) is 21.3 Å². The standard InChI is InChI=1S/C17H15ClN2O2S/c18-12-5-3-11(4-6-12)14-9-23-16-15(14)17(21)20(10-19-16)8-13-2-1-7-22-13/h3-6,9-10,13H,1-2,7-8H2/t13-/m1/s1. The van der Waals surface area contributed by atoms with E-state index in [-0.39, 0.29) is 11.7 Å². The number of nitrogens with zero attached hydrogens (tertiary/aromatic N) is 2. The quantitative estimate of drug-likeness (QED) is 0.721. The first-order valence-electron chi connectivity index (χ1n) is 7.56. The van der Waals surface area contributed by atoms with E-state index in [9.17, 15) is 4.79 Å². The number of hydrogen-bond acceptors (Lipinski definition) is 4. The SMILES string of the molecule is O=c1c2c(-c3ccc(Cl)cc3)csc2ncn1C[C@H]1CCCO1. The Morgan fingerprint density at radius 2 is 2.17 bits per heavy atom. The van der Waals surface area contributed by atoms with Gasteiger partial charge in [0.05, 0.1) is 24.4 Å². The van der Waals surface area contributed by atoms with Gasteiger partial charge in [0.1, 0.15) is 4.83 Å². The minimum atomic E-state index is -0.00306. The van der Waals surface area contributed by atoms with Crippen LogP contribution in [0.3, 0.4) is 0 Å². The van der Waals surface area contributed by atoms with E-state index >= 15 is 0 Å². The molecule has 0 bridgehead atoms. The van der Waals surface area contributed by atoms with Crippen LogP contribution >= 0.6 is 22.9 Å². The van der Waals surface area contributed by atoms with Crippen molar-refractivity contribution in [1.82, 2.24) is 9.55 Å². The summed E-state index contributed by atoms with van der Waals surface area (Å²) >= 11 is 7.44. The number of benzene rings is 1. The molecule has 23 heavy (non-hydrogen) atoms. The van der Waals surface area contributed by atoms with Crippen molar-refractivity contribution in [2.24, 2.45) is 0 Å². The molecule has 2 aromatic heterocycles. The fraction of sp³-hybridized carbons (Fsp3) is 0.294. The summed E-state index contributed by atoms with van der Waals surface area (Å²) in [7, 11) is 0. The van der Waals surface area contributed by atoms with Gasteiger partial charge in [-0.2, -0.15) is 0 Å². The number of halogens is 1. The average Bonchev–Trinajstić information content (AvgIpc) is 3.21. The van der Waals surface area contributed by atoms with E-state index in [4.69, 9.17) is 16.3 Å². The first kappa shape index (κ1) is 14.9. The van der Waals surface area contributed by atoms with Crippen molar-refractivity contribution in [2.45, 2.75) is 25.5 Å². The van der Waals surface area contributed by atoms with Crippen LogP contribution < -0.4 is 5.56 Å². The summed E-state index contributed by atoms with van der Waals surface area (Å²) in [5.74, 6) is 0. The highest BCUT2D eigenvalue weighted by Gasteiger charge is 2.19. The lowest BCUT2D eigenvalue weighted by Crippen LogP contribution is -2.26. The largest absolute Gasteiger partial charge is 0.376 e. The molecule has 0 N–H and O–H groups in total. The molecule has 0 radical (unpaired) electrons. The van der Waals surface area contributed by atoms with Crippen molar-refractivity contribution in [1.29, 1.82) is 0 Å². The summed E-state index contributed by atoms with van der Waals surface area (Å²) < 4.78 is 7.30. The smallest absolute Gasteiger partial charge is 0.262 e. The van der Waals surface area contributed by atoms with Crippen LogP contribution in [0.4, 0.5) is 0 Å². The lowest BCUT2D eigenvalue weighted by atomic mass is 10.1. The zero-order chi connectivity index (χ0) is 15.8. The van der Waals surface area contributed by atoms with Gasteiger partial charge in [-0.05, 0) is 30.5 Å². The Balaban J connectivity index is 1.80. The molecule has 1 saturated heterocycles. The Hall–Kier alpha value is -1.69. The Morgan fingerprint density at radius 1 is 1.35 bits per heavy atom. The molecule has 0 spiro atoms. The van der Waals surface area contributed by atoms with Crippen LogP contribution in [-0.2, 0) is 11.3 Å². The molecule has 1 aliphatic heterocycles. The highest BCUT2D eigenvalue weighted by molar-refractivity contribution is 7.17. The van der Waals surface area contributed by atoms with E-state index in [0.29, 0.717) is 17.0 Å². The van der Waals surface area contributed by atoms with Gasteiger partial charge in [0.2, 0.25) is 0 Å². The summed E-state index contributed by atoms with van der Waals surface area (Å²) in [5.41, 5.74) is 1.90. The number of hydrogen-bond donors (Lipinski definition) is 0. The second-order valence-electron chi connectivity index (χ2n) is 5.67.